The summed E-state index contributed by atoms with van der Waals surface area (Å²) in [6.45, 7) is 0. The van der Waals surface area contributed by atoms with Gasteiger partial charge in [-0.25, -0.2) is 4.39 Å². The van der Waals surface area contributed by atoms with Crippen LogP contribution in [0.15, 0.2) is 48.7 Å². The minimum Gasteiger partial charge on any atom is -0.361 e. The number of para-hydroxylation sites is 1. The van der Waals surface area contributed by atoms with Crippen LogP contribution in [-0.4, -0.2) is 10.9 Å². The smallest absolute Gasteiger partial charge is 0.255 e. The number of H-pyrrole nitrogens is 1. The highest BCUT2D eigenvalue weighted by molar-refractivity contribution is 6.34. The van der Waals surface area contributed by atoms with E-state index >= 15 is 0 Å². The molecule has 0 saturated heterocycles. The predicted molar refractivity (Wildman–Crippen MR) is 77.7 cm³/mol. The highest BCUT2D eigenvalue weighted by atomic mass is 35.5. The molecule has 0 saturated carbocycles. The number of carbonyl (C=O) groups excluding carboxylic acids is 1. The molecule has 0 bridgehead atoms. The van der Waals surface area contributed by atoms with Crippen molar-refractivity contribution in [3.8, 4) is 0 Å². The molecule has 0 unspecified atom stereocenters. The van der Waals surface area contributed by atoms with E-state index in [0.29, 0.717) is 5.56 Å². The van der Waals surface area contributed by atoms with Gasteiger partial charge in [0.25, 0.3) is 5.91 Å². The number of benzene rings is 2. The van der Waals surface area contributed by atoms with E-state index in [1.54, 1.807) is 18.3 Å². The molecule has 0 radical (unpaired) electrons. The van der Waals surface area contributed by atoms with Gasteiger partial charge in [-0.3, -0.25) is 4.79 Å². The Morgan fingerprint density at radius 1 is 1.20 bits per heavy atom. The molecule has 3 nitrogen and oxygen atoms in total. The maximum atomic E-state index is 13.6. The minimum atomic E-state index is -0.563. The van der Waals surface area contributed by atoms with Gasteiger partial charge in [0.15, 0.2) is 0 Å². The average molecular weight is 289 g/mol. The van der Waals surface area contributed by atoms with Crippen molar-refractivity contribution in [2.45, 2.75) is 0 Å². The zero-order chi connectivity index (χ0) is 14.1. The molecule has 5 heteroatoms. The molecule has 0 atom stereocenters. The topological polar surface area (TPSA) is 44.9 Å². The summed E-state index contributed by atoms with van der Waals surface area (Å²) in [4.78, 5) is 15.2. The Morgan fingerprint density at radius 2 is 2.05 bits per heavy atom. The molecule has 20 heavy (non-hydrogen) atoms. The van der Waals surface area contributed by atoms with Crippen molar-refractivity contribution in [3.63, 3.8) is 0 Å². The van der Waals surface area contributed by atoms with Gasteiger partial charge in [-0.15, -0.1) is 0 Å². The lowest BCUT2D eigenvalue weighted by molar-refractivity contribution is 0.102. The summed E-state index contributed by atoms with van der Waals surface area (Å²) in [6.07, 6.45) is 1.79. The number of hydrogen-bond donors (Lipinski definition) is 2. The monoisotopic (exact) mass is 288 g/mol. The first-order valence-electron chi connectivity index (χ1n) is 5.97. The van der Waals surface area contributed by atoms with Gasteiger partial charge in [0, 0.05) is 17.3 Å². The molecular weight excluding hydrogens is 279 g/mol. The lowest BCUT2D eigenvalue weighted by Gasteiger charge is -2.08. The highest BCUT2D eigenvalue weighted by Gasteiger charge is 2.12. The van der Waals surface area contributed by atoms with Crippen LogP contribution in [0.4, 0.5) is 10.1 Å². The number of rotatable bonds is 2. The number of carbonyl (C=O) groups is 1. The van der Waals surface area contributed by atoms with Gasteiger partial charge in [-0.2, -0.15) is 0 Å². The van der Waals surface area contributed by atoms with Crippen LogP contribution in [-0.2, 0) is 0 Å². The Hall–Kier alpha value is -2.33. The number of halogens is 2. The van der Waals surface area contributed by atoms with Crippen LogP contribution in [0.25, 0.3) is 10.9 Å². The number of aromatic amines is 1. The van der Waals surface area contributed by atoms with Crippen molar-refractivity contribution in [3.05, 3.63) is 65.1 Å². The number of nitrogens with one attached hydrogen (secondary N) is 2. The minimum absolute atomic E-state index is 0.00857. The van der Waals surface area contributed by atoms with Crippen molar-refractivity contribution >= 4 is 34.1 Å². The first-order chi connectivity index (χ1) is 9.65. The van der Waals surface area contributed by atoms with Crippen molar-refractivity contribution < 1.29 is 9.18 Å². The van der Waals surface area contributed by atoms with Crippen LogP contribution in [0.3, 0.4) is 0 Å². The van der Waals surface area contributed by atoms with E-state index in [2.05, 4.69) is 10.3 Å². The standard InChI is InChI=1S/C15H10ClFN2O/c16-11-2-1-3-12(17)14(11)19-15(20)10-5-4-9-6-7-18-13(9)8-10/h1-8,18H,(H,19,20). The summed E-state index contributed by atoms with van der Waals surface area (Å²) in [5.74, 6) is -0.972. The van der Waals surface area contributed by atoms with E-state index in [1.165, 1.54) is 18.2 Å². The van der Waals surface area contributed by atoms with Gasteiger partial charge in [0.05, 0.1) is 10.7 Å². The molecule has 0 spiro atoms. The van der Waals surface area contributed by atoms with E-state index in [4.69, 9.17) is 11.6 Å². The van der Waals surface area contributed by atoms with Crippen molar-refractivity contribution in [2.24, 2.45) is 0 Å². The number of anilines is 1. The summed E-state index contributed by atoms with van der Waals surface area (Å²) in [6, 6.07) is 11.4. The Balaban J connectivity index is 1.92. The molecular formula is C15H10ClFN2O. The summed E-state index contributed by atoms with van der Waals surface area (Å²) in [5.41, 5.74) is 1.27. The highest BCUT2D eigenvalue weighted by Crippen LogP contribution is 2.25. The van der Waals surface area contributed by atoms with Gasteiger partial charge in [-0.05, 0) is 35.7 Å². The molecule has 3 rings (SSSR count). The maximum Gasteiger partial charge on any atom is 0.255 e. The zero-order valence-electron chi connectivity index (χ0n) is 10.3. The fourth-order valence-corrected chi connectivity index (χ4v) is 2.20. The SMILES string of the molecule is O=C(Nc1c(F)cccc1Cl)c1ccc2cc[nH]c2c1. The van der Waals surface area contributed by atoms with Crippen LogP contribution in [0.2, 0.25) is 5.02 Å². The molecule has 1 heterocycles. The average Bonchev–Trinajstić information content (AvgIpc) is 2.90. The van der Waals surface area contributed by atoms with Crippen LogP contribution < -0.4 is 5.32 Å². The third kappa shape index (κ3) is 2.26. The van der Waals surface area contributed by atoms with Crippen LogP contribution in [0, 0.1) is 5.82 Å². The third-order valence-corrected chi connectivity index (χ3v) is 3.33. The van der Waals surface area contributed by atoms with Gasteiger partial charge in [0.1, 0.15) is 5.82 Å². The van der Waals surface area contributed by atoms with Crippen molar-refractivity contribution in [1.29, 1.82) is 0 Å². The lowest BCUT2D eigenvalue weighted by atomic mass is 10.1. The zero-order valence-corrected chi connectivity index (χ0v) is 11.0. The lowest BCUT2D eigenvalue weighted by Crippen LogP contribution is -2.13. The number of aromatic nitrogens is 1. The second kappa shape index (κ2) is 4.98. The number of amides is 1. The molecule has 3 aromatic rings. The Kier molecular flexibility index (Phi) is 3.16. The summed E-state index contributed by atoms with van der Waals surface area (Å²) < 4.78 is 13.6. The molecule has 2 N–H and O–H groups in total. The number of hydrogen-bond acceptors (Lipinski definition) is 1. The normalized spacial score (nSPS) is 10.7. The van der Waals surface area contributed by atoms with E-state index in [1.807, 2.05) is 12.1 Å². The maximum absolute atomic E-state index is 13.6. The predicted octanol–water partition coefficient (Wildman–Crippen LogP) is 4.21. The van der Waals surface area contributed by atoms with Crippen molar-refractivity contribution in [2.75, 3.05) is 5.32 Å². The van der Waals surface area contributed by atoms with E-state index < -0.39 is 11.7 Å². The summed E-state index contributed by atoms with van der Waals surface area (Å²) in [5, 5.41) is 3.66. The molecule has 1 amide bonds. The first-order valence-corrected chi connectivity index (χ1v) is 6.35. The molecule has 2 aromatic carbocycles. The molecule has 1 aromatic heterocycles. The van der Waals surface area contributed by atoms with Crippen LogP contribution in [0.1, 0.15) is 10.4 Å². The van der Waals surface area contributed by atoms with E-state index in [0.717, 1.165) is 10.9 Å². The van der Waals surface area contributed by atoms with Crippen LogP contribution in [0.5, 0.6) is 0 Å². The van der Waals surface area contributed by atoms with E-state index in [-0.39, 0.29) is 10.7 Å². The van der Waals surface area contributed by atoms with Crippen molar-refractivity contribution in [1.82, 2.24) is 4.98 Å². The quantitative estimate of drug-likeness (QED) is 0.729. The first kappa shape index (κ1) is 12.7. The second-order valence-corrected chi connectivity index (χ2v) is 4.74. The third-order valence-electron chi connectivity index (χ3n) is 3.02. The van der Waals surface area contributed by atoms with Gasteiger partial charge >= 0.3 is 0 Å². The van der Waals surface area contributed by atoms with Gasteiger partial charge in [-0.1, -0.05) is 23.7 Å². The largest absolute Gasteiger partial charge is 0.361 e. The molecule has 100 valence electrons. The Bertz CT molecular complexity index is 777. The molecule has 0 aliphatic carbocycles. The fourth-order valence-electron chi connectivity index (χ4n) is 1.99. The fraction of sp³-hybridized carbons (Fsp3) is 0. The van der Waals surface area contributed by atoms with Gasteiger partial charge in [0.2, 0.25) is 0 Å². The second-order valence-electron chi connectivity index (χ2n) is 4.33. The Labute approximate surface area is 119 Å². The Morgan fingerprint density at radius 3 is 2.85 bits per heavy atom. The molecule has 0 aliphatic heterocycles. The van der Waals surface area contributed by atoms with Gasteiger partial charge < -0.3 is 10.3 Å². The molecule has 0 fully saturated rings. The van der Waals surface area contributed by atoms with E-state index in [9.17, 15) is 9.18 Å². The summed E-state index contributed by atoms with van der Waals surface area (Å²) in [7, 11) is 0. The summed E-state index contributed by atoms with van der Waals surface area (Å²) >= 11 is 5.88. The number of fused-ring (bicyclic) bond motifs is 1. The van der Waals surface area contributed by atoms with Crippen LogP contribution >= 0.6 is 11.6 Å². The molecule has 0 aliphatic rings.